The van der Waals surface area contributed by atoms with Crippen LogP contribution in [0.1, 0.15) is 11.1 Å². The van der Waals surface area contributed by atoms with Gasteiger partial charge in [0.15, 0.2) is 0 Å². The second-order valence-electron chi connectivity index (χ2n) is 4.36. The van der Waals surface area contributed by atoms with E-state index in [9.17, 15) is 9.18 Å². The van der Waals surface area contributed by atoms with Gasteiger partial charge in [-0.05, 0) is 17.7 Å². The van der Waals surface area contributed by atoms with Crippen LogP contribution in [0.3, 0.4) is 0 Å². The van der Waals surface area contributed by atoms with Crippen LogP contribution in [0, 0.1) is 17.1 Å². The largest absolute Gasteiger partial charge is 0.347 e. The highest BCUT2D eigenvalue weighted by molar-refractivity contribution is 6.01. The van der Waals surface area contributed by atoms with Gasteiger partial charge in [-0.2, -0.15) is 5.26 Å². The first-order valence-corrected chi connectivity index (χ1v) is 6.39. The number of hydrogen-bond acceptors (Lipinski definition) is 2. The molecule has 0 bridgehead atoms. The number of benzene rings is 2. The first-order valence-electron chi connectivity index (χ1n) is 6.39. The molecule has 2 aromatic rings. The van der Waals surface area contributed by atoms with Gasteiger partial charge >= 0.3 is 0 Å². The number of nitrogens with one attached hydrogen (secondary N) is 1. The molecule has 1 amide bonds. The molecule has 0 heterocycles. The Bertz CT molecular complexity index is 702. The van der Waals surface area contributed by atoms with Crippen molar-refractivity contribution in [2.45, 2.75) is 6.54 Å². The standard InChI is InChI=1S/C17H13FN2O/c18-16-9-5-4-8-14(16)10-15(11-19)17(21)20-12-13-6-2-1-3-7-13/h1-10H,12H2,(H,20,21). The fraction of sp³-hybridized carbons (Fsp3) is 0.0588. The van der Waals surface area contributed by atoms with E-state index in [1.165, 1.54) is 18.2 Å². The fourth-order valence-corrected chi connectivity index (χ4v) is 1.77. The number of halogens is 1. The summed E-state index contributed by atoms with van der Waals surface area (Å²) in [4.78, 5) is 11.9. The predicted octanol–water partition coefficient (Wildman–Crippen LogP) is 3.05. The summed E-state index contributed by atoms with van der Waals surface area (Å²) in [6.45, 7) is 0.315. The maximum atomic E-state index is 13.5. The van der Waals surface area contributed by atoms with Crippen molar-refractivity contribution in [2.75, 3.05) is 0 Å². The van der Waals surface area contributed by atoms with E-state index in [4.69, 9.17) is 5.26 Å². The van der Waals surface area contributed by atoms with Crippen molar-refractivity contribution < 1.29 is 9.18 Å². The third-order valence-electron chi connectivity index (χ3n) is 2.87. The van der Waals surface area contributed by atoms with Crippen LogP contribution in [-0.4, -0.2) is 5.91 Å². The Morgan fingerprint density at radius 1 is 1.14 bits per heavy atom. The molecule has 104 valence electrons. The van der Waals surface area contributed by atoms with Gasteiger partial charge in [0.25, 0.3) is 5.91 Å². The van der Waals surface area contributed by atoms with Gasteiger partial charge in [-0.1, -0.05) is 48.5 Å². The molecule has 2 rings (SSSR count). The minimum Gasteiger partial charge on any atom is -0.347 e. The molecule has 0 fully saturated rings. The van der Waals surface area contributed by atoms with Crippen LogP contribution in [-0.2, 0) is 11.3 Å². The van der Waals surface area contributed by atoms with Crippen molar-refractivity contribution in [1.29, 1.82) is 5.26 Å². The van der Waals surface area contributed by atoms with Crippen LogP contribution < -0.4 is 5.32 Å². The zero-order valence-electron chi connectivity index (χ0n) is 11.2. The molecular formula is C17H13FN2O. The maximum Gasteiger partial charge on any atom is 0.262 e. The second-order valence-corrected chi connectivity index (χ2v) is 4.36. The molecule has 0 atom stereocenters. The molecule has 0 unspecified atom stereocenters. The van der Waals surface area contributed by atoms with Gasteiger partial charge in [0.05, 0.1) is 0 Å². The fourth-order valence-electron chi connectivity index (χ4n) is 1.77. The predicted molar refractivity (Wildman–Crippen MR) is 78.3 cm³/mol. The summed E-state index contributed by atoms with van der Waals surface area (Å²) >= 11 is 0. The second kappa shape index (κ2) is 7.01. The smallest absolute Gasteiger partial charge is 0.262 e. The lowest BCUT2D eigenvalue weighted by atomic mass is 10.1. The van der Waals surface area contributed by atoms with Gasteiger partial charge in [-0.3, -0.25) is 4.79 Å². The van der Waals surface area contributed by atoms with Gasteiger partial charge in [0.1, 0.15) is 17.5 Å². The lowest BCUT2D eigenvalue weighted by molar-refractivity contribution is -0.117. The van der Waals surface area contributed by atoms with E-state index >= 15 is 0 Å². The number of carbonyl (C=O) groups is 1. The van der Waals surface area contributed by atoms with Gasteiger partial charge in [-0.25, -0.2) is 4.39 Å². The molecule has 2 aromatic carbocycles. The van der Waals surface area contributed by atoms with Crippen molar-refractivity contribution in [1.82, 2.24) is 5.32 Å². The highest BCUT2D eigenvalue weighted by atomic mass is 19.1. The minimum atomic E-state index is -0.524. The number of nitriles is 1. The minimum absolute atomic E-state index is 0.129. The van der Waals surface area contributed by atoms with Crippen LogP contribution in [0.5, 0.6) is 0 Å². The lowest BCUT2D eigenvalue weighted by Crippen LogP contribution is -2.23. The summed E-state index contributed by atoms with van der Waals surface area (Å²) in [5.41, 5.74) is 1.01. The zero-order valence-corrected chi connectivity index (χ0v) is 11.2. The topological polar surface area (TPSA) is 52.9 Å². The Hall–Kier alpha value is -2.93. The molecule has 3 nitrogen and oxygen atoms in total. The van der Waals surface area contributed by atoms with Crippen molar-refractivity contribution in [2.24, 2.45) is 0 Å². The van der Waals surface area contributed by atoms with Crippen LogP contribution in [0.2, 0.25) is 0 Å². The summed E-state index contributed by atoms with van der Waals surface area (Å²) in [6.07, 6.45) is 1.25. The molecule has 0 spiro atoms. The molecule has 0 aromatic heterocycles. The van der Waals surface area contributed by atoms with Crippen LogP contribution >= 0.6 is 0 Å². The summed E-state index contributed by atoms with van der Waals surface area (Å²) in [5.74, 6) is -0.995. The SMILES string of the molecule is N#CC(=Cc1ccccc1F)C(=O)NCc1ccccc1. The molecule has 4 heteroatoms. The Morgan fingerprint density at radius 3 is 2.48 bits per heavy atom. The first kappa shape index (κ1) is 14.5. The Balaban J connectivity index is 2.09. The normalized spacial score (nSPS) is 10.8. The maximum absolute atomic E-state index is 13.5. The van der Waals surface area contributed by atoms with Gasteiger partial charge < -0.3 is 5.32 Å². The molecule has 0 radical (unpaired) electrons. The molecule has 0 aliphatic carbocycles. The average Bonchev–Trinajstić information content (AvgIpc) is 2.53. The number of amides is 1. The summed E-state index contributed by atoms with van der Waals surface area (Å²) in [6, 6.07) is 17.1. The van der Waals surface area contributed by atoms with Crippen LogP contribution in [0.4, 0.5) is 4.39 Å². The van der Waals surface area contributed by atoms with Gasteiger partial charge in [-0.15, -0.1) is 0 Å². The van der Waals surface area contributed by atoms with E-state index in [2.05, 4.69) is 5.32 Å². The number of hydrogen-bond donors (Lipinski definition) is 1. The number of nitrogens with zero attached hydrogens (tertiary/aromatic N) is 1. The molecule has 0 saturated carbocycles. The van der Waals surface area contributed by atoms with Crippen molar-refractivity contribution in [3.63, 3.8) is 0 Å². The molecule has 0 aliphatic rings. The zero-order chi connectivity index (χ0) is 15.1. The van der Waals surface area contributed by atoms with E-state index in [0.29, 0.717) is 6.54 Å². The highest BCUT2D eigenvalue weighted by Gasteiger charge is 2.09. The molecule has 21 heavy (non-hydrogen) atoms. The quantitative estimate of drug-likeness (QED) is 0.691. The van der Waals surface area contributed by atoms with Crippen molar-refractivity contribution in [3.8, 4) is 6.07 Å². The van der Waals surface area contributed by atoms with E-state index in [0.717, 1.165) is 5.56 Å². The van der Waals surface area contributed by atoms with E-state index in [1.54, 1.807) is 18.2 Å². The third-order valence-corrected chi connectivity index (χ3v) is 2.87. The van der Waals surface area contributed by atoms with Crippen molar-refractivity contribution >= 4 is 12.0 Å². The summed E-state index contributed by atoms with van der Waals surface area (Å²) in [5, 5.41) is 11.7. The summed E-state index contributed by atoms with van der Waals surface area (Å²) < 4.78 is 13.5. The van der Waals surface area contributed by atoms with E-state index in [-0.39, 0.29) is 11.1 Å². The molecule has 1 N–H and O–H groups in total. The Morgan fingerprint density at radius 2 is 1.81 bits per heavy atom. The van der Waals surface area contributed by atoms with Gasteiger partial charge in [0.2, 0.25) is 0 Å². The molecule has 0 aliphatic heterocycles. The Labute approximate surface area is 122 Å². The lowest BCUT2D eigenvalue weighted by Gasteiger charge is -2.04. The van der Waals surface area contributed by atoms with Crippen LogP contribution in [0.25, 0.3) is 6.08 Å². The third kappa shape index (κ3) is 4.02. The van der Waals surface area contributed by atoms with Gasteiger partial charge in [0, 0.05) is 12.1 Å². The monoisotopic (exact) mass is 280 g/mol. The highest BCUT2D eigenvalue weighted by Crippen LogP contribution is 2.11. The van der Waals surface area contributed by atoms with Crippen molar-refractivity contribution in [3.05, 3.63) is 77.1 Å². The van der Waals surface area contributed by atoms with Crippen LogP contribution in [0.15, 0.2) is 60.2 Å². The average molecular weight is 280 g/mol. The molecular weight excluding hydrogens is 267 g/mol. The molecule has 0 saturated heterocycles. The first-order chi connectivity index (χ1) is 10.2. The van der Waals surface area contributed by atoms with E-state index < -0.39 is 11.7 Å². The van der Waals surface area contributed by atoms with E-state index in [1.807, 2.05) is 30.3 Å². The summed E-state index contributed by atoms with van der Waals surface area (Å²) in [7, 11) is 0. The number of carbonyl (C=O) groups excluding carboxylic acids is 1. The Kier molecular flexibility index (Phi) is 4.84. The number of rotatable bonds is 4.